The van der Waals surface area contributed by atoms with Crippen molar-refractivity contribution >= 4 is 11.6 Å². The summed E-state index contributed by atoms with van der Waals surface area (Å²) in [5, 5.41) is 11.5. The molecule has 5 rings (SSSR count). The van der Waals surface area contributed by atoms with Gasteiger partial charge in [0.15, 0.2) is 0 Å². The van der Waals surface area contributed by atoms with Crippen molar-refractivity contribution in [1.29, 1.82) is 5.26 Å². The molecule has 3 heterocycles. The highest BCUT2D eigenvalue weighted by molar-refractivity contribution is 6.01. The zero-order chi connectivity index (χ0) is 25.2. The Kier molecular flexibility index (Phi) is 6.61. The Morgan fingerprint density at radius 3 is 2.75 bits per heavy atom. The van der Waals surface area contributed by atoms with Gasteiger partial charge in [0.2, 0.25) is 0 Å². The van der Waals surface area contributed by atoms with Crippen molar-refractivity contribution in [2.45, 2.75) is 25.5 Å². The topological polar surface area (TPSA) is 101 Å². The second kappa shape index (κ2) is 9.99. The minimum atomic E-state index is -3.11. The zero-order valence-electron chi connectivity index (χ0n) is 19.6. The molecular formula is C25H25F2N5O4. The number of benzene rings is 1. The van der Waals surface area contributed by atoms with Crippen LogP contribution in [0.4, 0.5) is 8.78 Å². The molecule has 0 spiro atoms. The van der Waals surface area contributed by atoms with Gasteiger partial charge in [-0.05, 0) is 31.0 Å². The van der Waals surface area contributed by atoms with Crippen LogP contribution in [0.2, 0.25) is 0 Å². The third-order valence-corrected chi connectivity index (χ3v) is 6.23. The number of nitriles is 1. The molecule has 36 heavy (non-hydrogen) atoms. The first-order valence-electron chi connectivity index (χ1n) is 11.6. The number of aromatic nitrogens is 2. The lowest BCUT2D eigenvalue weighted by Crippen LogP contribution is -2.49. The highest BCUT2D eigenvalue weighted by Gasteiger charge is 2.29. The maximum absolute atomic E-state index is 13.2. The fraction of sp³-hybridized carbons (Fsp3) is 0.400. The number of ether oxygens (including phenoxy) is 3. The number of pyridine rings is 1. The summed E-state index contributed by atoms with van der Waals surface area (Å²) in [5.74, 6) is 0.380. The van der Waals surface area contributed by atoms with E-state index in [0.717, 1.165) is 25.9 Å². The monoisotopic (exact) mass is 497 g/mol. The molecule has 1 aromatic carbocycles. The summed E-state index contributed by atoms with van der Waals surface area (Å²) in [6, 6.07) is 8.78. The number of hydrogen-bond donors (Lipinski definition) is 1. The molecular weight excluding hydrogens is 472 g/mol. The van der Waals surface area contributed by atoms with Gasteiger partial charge in [-0.2, -0.15) is 14.0 Å². The standard InChI is InChI=1S/C25H25F2N5O4/c1-34-20-8-16(9-21(36-25(26)27)23(20)24(33)30-17-2-3-17)19-11-29-22-10-18(4-6-32(19)22)35-14-15-12-31(13-15)7-5-28/h4,6,8-11,15,17,25H,2-3,7,12-14H2,1H3,(H,30,33). The Hall–Kier alpha value is -3.91. The van der Waals surface area contributed by atoms with Crippen LogP contribution in [0.3, 0.4) is 0 Å². The summed E-state index contributed by atoms with van der Waals surface area (Å²) in [4.78, 5) is 19.2. The summed E-state index contributed by atoms with van der Waals surface area (Å²) < 4.78 is 44.3. The Labute approximate surface area is 206 Å². The fourth-order valence-electron chi connectivity index (χ4n) is 4.29. The van der Waals surface area contributed by atoms with Gasteiger partial charge in [-0.25, -0.2) is 4.98 Å². The molecule has 188 valence electrons. The number of imidazole rings is 1. The average Bonchev–Trinajstić information content (AvgIpc) is 3.54. The minimum absolute atomic E-state index is 0.0391. The van der Waals surface area contributed by atoms with Crippen LogP contribution in [0.15, 0.2) is 36.7 Å². The summed E-state index contributed by atoms with van der Waals surface area (Å²) in [6.07, 6.45) is 5.09. The molecule has 3 aromatic rings. The van der Waals surface area contributed by atoms with E-state index in [9.17, 15) is 13.6 Å². The van der Waals surface area contributed by atoms with Crippen molar-refractivity contribution in [2.75, 3.05) is 33.4 Å². The Morgan fingerprint density at radius 1 is 1.28 bits per heavy atom. The van der Waals surface area contributed by atoms with Gasteiger partial charge in [-0.15, -0.1) is 0 Å². The molecule has 0 unspecified atom stereocenters. The number of methoxy groups -OCH3 is 1. The predicted molar refractivity (Wildman–Crippen MR) is 125 cm³/mol. The van der Waals surface area contributed by atoms with E-state index in [1.54, 1.807) is 35.0 Å². The molecule has 2 fully saturated rings. The molecule has 1 amide bonds. The normalized spacial score (nSPS) is 16.0. The molecule has 1 saturated carbocycles. The number of carbonyl (C=O) groups excluding carboxylic acids is 1. The number of nitrogens with one attached hydrogen (secondary N) is 1. The van der Waals surface area contributed by atoms with Crippen molar-refractivity contribution in [3.8, 4) is 34.6 Å². The van der Waals surface area contributed by atoms with E-state index in [-0.39, 0.29) is 23.1 Å². The molecule has 1 aliphatic heterocycles. The number of fused-ring (bicyclic) bond motifs is 1. The number of nitrogens with zero attached hydrogens (tertiary/aromatic N) is 4. The van der Waals surface area contributed by atoms with Gasteiger partial charge >= 0.3 is 6.61 Å². The molecule has 0 bridgehead atoms. The van der Waals surface area contributed by atoms with E-state index >= 15 is 0 Å². The molecule has 0 atom stereocenters. The van der Waals surface area contributed by atoms with E-state index in [2.05, 4.69) is 21.3 Å². The van der Waals surface area contributed by atoms with Crippen LogP contribution in [-0.2, 0) is 0 Å². The summed E-state index contributed by atoms with van der Waals surface area (Å²) in [5.41, 5.74) is 1.64. The van der Waals surface area contributed by atoms with E-state index < -0.39 is 12.5 Å². The third kappa shape index (κ3) is 5.04. The number of hydrogen-bond acceptors (Lipinski definition) is 7. The first kappa shape index (κ1) is 23.8. The second-order valence-corrected chi connectivity index (χ2v) is 8.94. The molecule has 9 nitrogen and oxygen atoms in total. The number of alkyl halides is 2. The number of halogens is 2. The van der Waals surface area contributed by atoms with Crippen molar-refractivity contribution in [3.05, 3.63) is 42.2 Å². The number of carbonyl (C=O) groups is 1. The average molecular weight is 498 g/mol. The molecule has 0 radical (unpaired) electrons. The molecule has 1 N–H and O–H groups in total. The van der Waals surface area contributed by atoms with Crippen LogP contribution in [0, 0.1) is 17.2 Å². The quantitative estimate of drug-likeness (QED) is 0.429. The van der Waals surface area contributed by atoms with E-state index in [0.29, 0.717) is 41.7 Å². The first-order chi connectivity index (χ1) is 17.4. The molecule has 11 heteroatoms. The first-order valence-corrected chi connectivity index (χ1v) is 11.6. The maximum atomic E-state index is 13.2. The molecule has 1 aliphatic carbocycles. The highest BCUT2D eigenvalue weighted by Crippen LogP contribution is 2.37. The van der Waals surface area contributed by atoms with Crippen LogP contribution in [0.5, 0.6) is 17.2 Å². The highest BCUT2D eigenvalue weighted by atomic mass is 19.3. The summed E-state index contributed by atoms with van der Waals surface area (Å²) >= 11 is 0. The van der Waals surface area contributed by atoms with Crippen molar-refractivity contribution in [1.82, 2.24) is 19.6 Å². The predicted octanol–water partition coefficient (Wildman–Crippen LogP) is 3.34. The largest absolute Gasteiger partial charge is 0.496 e. The Morgan fingerprint density at radius 2 is 2.06 bits per heavy atom. The van der Waals surface area contributed by atoms with Gasteiger partial charge in [0.25, 0.3) is 5.91 Å². The second-order valence-electron chi connectivity index (χ2n) is 8.94. The maximum Gasteiger partial charge on any atom is 0.387 e. The van der Waals surface area contributed by atoms with Crippen LogP contribution in [0.1, 0.15) is 23.2 Å². The van der Waals surface area contributed by atoms with E-state index in [4.69, 9.17) is 19.5 Å². The van der Waals surface area contributed by atoms with Gasteiger partial charge in [0.1, 0.15) is 28.5 Å². The van der Waals surface area contributed by atoms with Gasteiger partial charge in [0.05, 0.1) is 38.2 Å². The van der Waals surface area contributed by atoms with E-state index in [1.165, 1.54) is 13.2 Å². The van der Waals surface area contributed by atoms with Gasteiger partial charge < -0.3 is 19.5 Å². The minimum Gasteiger partial charge on any atom is -0.496 e. The van der Waals surface area contributed by atoms with Crippen LogP contribution < -0.4 is 19.5 Å². The molecule has 2 aromatic heterocycles. The number of amides is 1. The summed E-state index contributed by atoms with van der Waals surface area (Å²) in [6.45, 7) is -0.463. The Bertz CT molecular complexity index is 1310. The number of rotatable bonds is 10. The Balaban J connectivity index is 1.39. The van der Waals surface area contributed by atoms with Crippen LogP contribution >= 0.6 is 0 Å². The third-order valence-electron chi connectivity index (χ3n) is 6.23. The van der Waals surface area contributed by atoms with Gasteiger partial charge in [-0.3, -0.25) is 14.1 Å². The smallest absolute Gasteiger partial charge is 0.387 e. The lowest BCUT2D eigenvalue weighted by atomic mass is 10.0. The molecule has 1 saturated heterocycles. The molecule has 2 aliphatic rings. The lowest BCUT2D eigenvalue weighted by molar-refractivity contribution is -0.0502. The fourth-order valence-corrected chi connectivity index (χ4v) is 4.29. The van der Waals surface area contributed by atoms with Crippen LogP contribution in [0.25, 0.3) is 16.9 Å². The van der Waals surface area contributed by atoms with E-state index in [1.807, 2.05) is 0 Å². The van der Waals surface area contributed by atoms with Crippen LogP contribution in [-0.4, -0.2) is 66.2 Å². The lowest BCUT2D eigenvalue weighted by Gasteiger charge is -2.37. The van der Waals surface area contributed by atoms with Gasteiger partial charge in [0, 0.05) is 42.9 Å². The van der Waals surface area contributed by atoms with Gasteiger partial charge in [-0.1, -0.05) is 0 Å². The van der Waals surface area contributed by atoms with Crippen molar-refractivity contribution in [2.24, 2.45) is 5.92 Å². The zero-order valence-corrected chi connectivity index (χ0v) is 19.6. The van der Waals surface area contributed by atoms with Crippen molar-refractivity contribution < 1.29 is 27.8 Å². The SMILES string of the molecule is COc1cc(-c2cnc3cc(OCC4CN(CC#N)C4)ccn23)cc(OC(F)F)c1C(=O)NC1CC1. The summed E-state index contributed by atoms with van der Waals surface area (Å²) in [7, 11) is 1.37. The number of likely N-dealkylation sites (tertiary alicyclic amines) is 1. The van der Waals surface area contributed by atoms with Crippen molar-refractivity contribution in [3.63, 3.8) is 0 Å².